The average molecular weight is 249 g/mol. The van der Waals surface area contributed by atoms with Crippen LogP contribution in [0.5, 0.6) is 5.75 Å². The molecule has 2 rings (SSSR count). The second-order valence-electron chi connectivity index (χ2n) is 4.93. The lowest BCUT2D eigenvalue weighted by Crippen LogP contribution is -2.27. The topological polar surface area (TPSA) is 79.9 Å². The van der Waals surface area contributed by atoms with Gasteiger partial charge in [-0.15, -0.1) is 0 Å². The maximum Gasteiger partial charge on any atom is 0.173 e. The van der Waals surface area contributed by atoms with Gasteiger partial charge in [0.05, 0.1) is 12.7 Å². The number of amidine groups is 1. The molecule has 1 aliphatic carbocycles. The molecule has 1 fully saturated rings. The average Bonchev–Trinajstić information content (AvgIpc) is 3.13. The second-order valence-corrected chi connectivity index (χ2v) is 4.93. The van der Waals surface area contributed by atoms with E-state index in [-0.39, 0.29) is 5.84 Å². The largest absolute Gasteiger partial charge is 0.496 e. The molecule has 0 radical (unpaired) electrons. The second kappa shape index (κ2) is 4.86. The highest BCUT2D eigenvalue weighted by molar-refractivity contribution is 5.99. The maximum absolute atomic E-state index is 8.69. The van der Waals surface area contributed by atoms with Crippen LogP contribution in [0.15, 0.2) is 23.4 Å². The number of nitrogens with one attached hydrogen (secondary N) is 1. The molecule has 0 unspecified atom stereocenters. The highest BCUT2D eigenvalue weighted by Crippen LogP contribution is 2.34. The number of nitrogens with two attached hydrogens (primary N) is 1. The van der Waals surface area contributed by atoms with Crippen molar-refractivity contribution >= 4 is 5.84 Å². The highest BCUT2D eigenvalue weighted by atomic mass is 16.5. The Hall–Kier alpha value is -1.75. The molecule has 1 saturated carbocycles. The van der Waals surface area contributed by atoms with E-state index in [1.54, 1.807) is 13.2 Å². The van der Waals surface area contributed by atoms with Crippen molar-refractivity contribution in [2.45, 2.75) is 31.8 Å². The Morgan fingerprint density at radius 1 is 1.56 bits per heavy atom. The monoisotopic (exact) mass is 249 g/mol. The van der Waals surface area contributed by atoms with Gasteiger partial charge in [-0.1, -0.05) is 11.2 Å². The van der Waals surface area contributed by atoms with Crippen molar-refractivity contribution in [1.82, 2.24) is 5.32 Å². The Morgan fingerprint density at radius 2 is 2.28 bits per heavy atom. The molecule has 0 atom stereocenters. The Bertz CT molecular complexity index is 467. The summed E-state index contributed by atoms with van der Waals surface area (Å²) in [5, 5.41) is 15.2. The van der Waals surface area contributed by atoms with Gasteiger partial charge in [-0.05, 0) is 37.5 Å². The Morgan fingerprint density at radius 3 is 2.83 bits per heavy atom. The predicted octanol–water partition coefficient (Wildman–Crippen LogP) is 1.43. The summed E-state index contributed by atoms with van der Waals surface area (Å²) < 4.78 is 5.26. The number of ether oxygens (including phenoxy) is 1. The first kappa shape index (κ1) is 12.7. The first-order valence-electron chi connectivity index (χ1n) is 5.98. The van der Waals surface area contributed by atoms with Gasteiger partial charge in [-0.2, -0.15) is 0 Å². The van der Waals surface area contributed by atoms with Gasteiger partial charge in [-0.25, -0.2) is 0 Å². The SMILES string of the molecule is COc1cc(CNC2(C)CC2)ccc1/C(N)=N/O. The third kappa shape index (κ3) is 2.73. The molecule has 0 heterocycles. The van der Waals surface area contributed by atoms with Crippen LogP contribution in [0.2, 0.25) is 0 Å². The van der Waals surface area contributed by atoms with Crippen LogP contribution in [0.25, 0.3) is 0 Å². The van der Waals surface area contributed by atoms with E-state index in [0.29, 0.717) is 16.9 Å². The number of oxime groups is 1. The fraction of sp³-hybridized carbons (Fsp3) is 0.462. The van der Waals surface area contributed by atoms with Crippen LogP contribution in [0, 0.1) is 0 Å². The van der Waals surface area contributed by atoms with Gasteiger partial charge in [-0.3, -0.25) is 0 Å². The third-order valence-electron chi connectivity index (χ3n) is 3.37. The van der Waals surface area contributed by atoms with Crippen molar-refractivity contribution in [3.63, 3.8) is 0 Å². The lowest BCUT2D eigenvalue weighted by Gasteiger charge is -2.13. The van der Waals surface area contributed by atoms with Crippen LogP contribution in [-0.4, -0.2) is 23.7 Å². The summed E-state index contributed by atoms with van der Waals surface area (Å²) in [4.78, 5) is 0. The minimum Gasteiger partial charge on any atom is -0.496 e. The summed E-state index contributed by atoms with van der Waals surface area (Å²) in [5.41, 5.74) is 7.60. The van der Waals surface area contributed by atoms with Crippen molar-refractivity contribution in [3.8, 4) is 5.75 Å². The summed E-state index contributed by atoms with van der Waals surface area (Å²) in [6.45, 7) is 3.01. The molecular weight excluding hydrogens is 230 g/mol. The van der Waals surface area contributed by atoms with Crippen LogP contribution in [-0.2, 0) is 6.54 Å². The van der Waals surface area contributed by atoms with Gasteiger partial charge in [0.1, 0.15) is 5.75 Å². The van der Waals surface area contributed by atoms with Gasteiger partial charge < -0.3 is 21.0 Å². The van der Waals surface area contributed by atoms with E-state index in [2.05, 4.69) is 17.4 Å². The summed E-state index contributed by atoms with van der Waals surface area (Å²) in [5.74, 6) is 0.672. The number of hydrogen-bond acceptors (Lipinski definition) is 4. The van der Waals surface area contributed by atoms with Gasteiger partial charge >= 0.3 is 0 Å². The van der Waals surface area contributed by atoms with E-state index >= 15 is 0 Å². The zero-order valence-electron chi connectivity index (χ0n) is 10.7. The molecule has 0 amide bonds. The molecule has 0 saturated heterocycles. The number of nitrogens with zero attached hydrogens (tertiary/aromatic N) is 1. The van der Waals surface area contributed by atoms with Gasteiger partial charge in [0.25, 0.3) is 0 Å². The Balaban J connectivity index is 2.13. The molecule has 0 aliphatic heterocycles. The van der Waals surface area contributed by atoms with E-state index in [9.17, 15) is 0 Å². The normalized spacial score (nSPS) is 17.6. The van der Waals surface area contributed by atoms with Gasteiger partial charge in [0.2, 0.25) is 0 Å². The van der Waals surface area contributed by atoms with Gasteiger partial charge in [0, 0.05) is 12.1 Å². The summed E-state index contributed by atoms with van der Waals surface area (Å²) in [7, 11) is 1.57. The molecule has 1 aromatic carbocycles. The lowest BCUT2D eigenvalue weighted by atomic mass is 10.1. The van der Waals surface area contributed by atoms with Crippen LogP contribution >= 0.6 is 0 Å². The Labute approximate surface area is 107 Å². The molecule has 4 N–H and O–H groups in total. The maximum atomic E-state index is 8.69. The lowest BCUT2D eigenvalue weighted by molar-refractivity contribution is 0.318. The first-order chi connectivity index (χ1) is 8.58. The zero-order chi connectivity index (χ0) is 13.2. The predicted molar refractivity (Wildman–Crippen MR) is 70.0 cm³/mol. The van der Waals surface area contributed by atoms with Crippen molar-refractivity contribution in [3.05, 3.63) is 29.3 Å². The standard InChI is InChI=1S/C13H19N3O2/c1-13(5-6-13)15-8-9-3-4-10(12(14)16-17)11(7-9)18-2/h3-4,7,15,17H,5-6,8H2,1-2H3,(H2,14,16). The first-order valence-corrected chi connectivity index (χ1v) is 5.98. The molecule has 1 aliphatic rings. The molecule has 0 aromatic heterocycles. The fourth-order valence-corrected chi connectivity index (χ4v) is 1.79. The van der Waals surface area contributed by atoms with Gasteiger partial charge in [0.15, 0.2) is 5.84 Å². The zero-order valence-corrected chi connectivity index (χ0v) is 10.7. The molecule has 98 valence electrons. The number of hydrogen-bond donors (Lipinski definition) is 3. The summed E-state index contributed by atoms with van der Waals surface area (Å²) >= 11 is 0. The van der Waals surface area contributed by atoms with E-state index in [1.165, 1.54) is 12.8 Å². The molecule has 0 bridgehead atoms. The molecular formula is C13H19N3O2. The van der Waals surface area contributed by atoms with Crippen molar-refractivity contribution in [2.75, 3.05) is 7.11 Å². The van der Waals surface area contributed by atoms with E-state index < -0.39 is 0 Å². The summed E-state index contributed by atoms with van der Waals surface area (Å²) in [6.07, 6.45) is 2.46. The third-order valence-corrected chi connectivity index (χ3v) is 3.37. The highest BCUT2D eigenvalue weighted by Gasteiger charge is 2.36. The van der Waals surface area contributed by atoms with Crippen LogP contribution < -0.4 is 15.8 Å². The number of benzene rings is 1. The summed E-state index contributed by atoms with van der Waals surface area (Å²) in [6, 6.07) is 5.67. The van der Waals surface area contributed by atoms with Crippen LogP contribution in [0.4, 0.5) is 0 Å². The molecule has 0 spiro atoms. The number of methoxy groups -OCH3 is 1. The van der Waals surface area contributed by atoms with E-state index in [0.717, 1.165) is 12.1 Å². The molecule has 18 heavy (non-hydrogen) atoms. The van der Waals surface area contributed by atoms with Crippen molar-refractivity contribution in [2.24, 2.45) is 10.9 Å². The van der Waals surface area contributed by atoms with Crippen LogP contribution in [0.1, 0.15) is 30.9 Å². The van der Waals surface area contributed by atoms with Crippen molar-refractivity contribution in [1.29, 1.82) is 0 Å². The number of rotatable bonds is 5. The molecule has 1 aromatic rings. The van der Waals surface area contributed by atoms with E-state index in [4.69, 9.17) is 15.7 Å². The molecule has 5 nitrogen and oxygen atoms in total. The Kier molecular flexibility index (Phi) is 3.43. The van der Waals surface area contributed by atoms with Crippen molar-refractivity contribution < 1.29 is 9.94 Å². The quantitative estimate of drug-likeness (QED) is 0.319. The minimum atomic E-state index is 0.0560. The van der Waals surface area contributed by atoms with Crippen LogP contribution in [0.3, 0.4) is 0 Å². The molecule has 5 heteroatoms. The van der Waals surface area contributed by atoms with E-state index in [1.807, 2.05) is 12.1 Å². The minimum absolute atomic E-state index is 0.0560. The fourth-order valence-electron chi connectivity index (χ4n) is 1.79. The smallest absolute Gasteiger partial charge is 0.173 e.